The highest BCUT2D eigenvalue weighted by atomic mass is 35.5. The van der Waals surface area contributed by atoms with Crippen molar-refractivity contribution in [3.05, 3.63) is 21.7 Å². The zero-order valence-corrected chi connectivity index (χ0v) is 12.0. The maximum atomic E-state index is 7.48. The smallest absolute Gasteiger partial charge is 0.0602 e. The Labute approximate surface area is 109 Å². The molecule has 92 valence electrons. The molecule has 0 rings (SSSR count). The van der Waals surface area contributed by atoms with Crippen molar-refractivity contribution in [1.29, 1.82) is 5.41 Å². The van der Waals surface area contributed by atoms with E-state index >= 15 is 0 Å². The van der Waals surface area contributed by atoms with Crippen molar-refractivity contribution in [2.45, 2.75) is 47.0 Å². The van der Waals surface area contributed by atoms with Crippen molar-refractivity contribution >= 4 is 28.9 Å². The number of unbranched alkanes of at least 4 members (excludes halogenated alkanes) is 1. The van der Waals surface area contributed by atoms with Crippen LogP contribution in [0.1, 0.15) is 47.0 Å². The summed E-state index contributed by atoms with van der Waals surface area (Å²) in [6, 6.07) is 0. The Kier molecular flexibility index (Phi) is 7.78. The van der Waals surface area contributed by atoms with Crippen LogP contribution in [0.2, 0.25) is 0 Å². The molecule has 0 aliphatic rings. The molecule has 0 aromatic rings. The summed E-state index contributed by atoms with van der Waals surface area (Å²) in [5.41, 5.74) is 1.56. The Morgan fingerprint density at radius 1 is 1.25 bits per heavy atom. The van der Waals surface area contributed by atoms with Gasteiger partial charge >= 0.3 is 0 Å². The Hall–Kier alpha value is -0.270. The number of rotatable bonds is 6. The van der Waals surface area contributed by atoms with Gasteiger partial charge in [0.1, 0.15) is 0 Å². The lowest BCUT2D eigenvalue weighted by Crippen LogP contribution is -2.02. The van der Waals surface area contributed by atoms with E-state index in [1.165, 1.54) is 0 Å². The molecule has 0 aromatic heterocycles. The van der Waals surface area contributed by atoms with Crippen LogP contribution in [-0.2, 0) is 0 Å². The SMILES string of the molecule is CC(=N)/C(Cl)=C(/C)C(C)CCC/C=C(/C)Cl. The van der Waals surface area contributed by atoms with Crippen molar-refractivity contribution in [2.75, 3.05) is 0 Å². The molecule has 16 heavy (non-hydrogen) atoms. The molecule has 0 aliphatic carbocycles. The van der Waals surface area contributed by atoms with Gasteiger partial charge in [-0.15, -0.1) is 0 Å². The van der Waals surface area contributed by atoms with E-state index in [1.807, 2.05) is 19.9 Å². The molecule has 1 atom stereocenters. The number of allylic oxidation sites excluding steroid dienone is 4. The van der Waals surface area contributed by atoms with Gasteiger partial charge in [-0.25, -0.2) is 0 Å². The molecule has 0 aliphatic heterocycles. The fraction of sp³-hybridized carbons (Fsp3) is 0.615. The topological polar surface area (TPSA) is 23.9 Å². The van der Waals surface area contributed by atoms with E-state index in [1.54, 1.807) is 6.92 Å². The second-order valence-corrected chi connectivity index (χ2v) is 5.22. The van der Waals surface area contributed by atoms with E-state index in [9.17, 15) is 0 Å². The summed E-state index contributed by atoms with van der Waals surface area (Å²) in [6.45, 7) is 7.77. The summed E-state index contributed by atoms with van der Waals surface area (Å²) in [6.07, 6.45) is 5.23. The van der Waals surface area contributed by atoms with Crippen LogP contribution in [0.15, 0.2) is 21.7 Å². The van der Waals surface area contributed by atoms with Gasteiger partial charge < -0.3 is 5.41 Å². The molecule has 0 saturated carbocycles. The first-order valence-electron chi connectivity index (χ1n) is 5.60. The second-order valence-electron chi connectivity index (χ2n) is 4.24. The minimum atomic E-state index is 0.428. The number of hydrogen-bond donors (Lipinski definition) is 1. The van der Waals surface area contributed by atoms with Crippen LogP contribution in [0.4, 0.5) is 0 Å². The van der Waals surface area contributed by atoms with E-state index < -0.39 is 0 Å². The van der Waals surface area contributed by atoms with Crippen molar-refractivity contribution in [1.82, 2.24) is 0 Å². The molecule has 0 saturated heterocycles. The lowest BCUT2D eigenvalue weighted by atomic mass is 9.95. The normalized spacial score (nSPS) is 15.8. The predicted molar refractivity (Wildman–Crippen MR) is 74.6 cm³/mol. The highest BCUT2D eigenvalue weighted by molar-refractivity contribution is 6.43. The lowest BCUT2D eigenvalue weighted by Gasteiger charge is -2.13. The minimum Gasteiger partial charge on any atom is -0.304 e. The maximum Gasteiger partial charge on any atom is 0.0602 e. The second kappa shape index (κ2) is 7.92. The summed E-state index contributed by atoms with van der Waals surface area (Å²) < 4.78 is 0. The predicted octanol–water partition coefficient (Wildman–Crippen LogP) is 5.49. The van der Waals surface area contributed by atoms with Crippen LogP contribution in [0.3, 0.4) is 0 Å². The summed E-state index contributed by atoms with van der Waals surface area (Å²) in [5, 5.41) is 8.94. The van der Waals surface area contributed by atoms with Gasteiger partial charge in [0.15, 0.2) is 0 Å². The minimum absolute atomic E-state index is 0.428. The molecule has 1 N–H and O–H groups in total. The molecule has 0 heterocycles. The first kappa shape index (κ1) is 15.7. The van der Waals surface area contributed by atoms with Crippen molar-refractivity contribution in [3.8, 4) is 0 Å². The van der Waals surface area contributed by atoms with E-state index in [0.29, 0.717) is 16.7 Å². The van der Waals surface area contributed by atoms with Crippen LogP contribution in [0.5, 0.6) is 0 Å². The molecule has 1 nitrogen and oxygen atoms in total. The van der Waals surface area contributed by atoms with Gasteiger partial charge in [-0.3, -0.25) is 0 Å². The van der Waals surface area contributed by atoms with Crippen molar-refractivity contribution < 1.29 is 0 Å². The number of hydrogen-bond acceptors (Lipinski definition) is 1. The summed E-state index contributed by atoms with van der Waals surface area (Å²) >= 11 is 11.8. The highest BCUT2D eigenvalue weighted by Gasteiger charge is 2.09. The molecule has 0 aromatic carbocycles. The summed E-state index contributed by atoms with van der Waals surface area (Å²) in [4.78, 5) is 0. The van der Waals surface area contributed by atoms with Crippen LogP contribution < -0.4 is 0 Å². The lowest BCUT2D eigenvalue weighted by molar-refractivity contribution is 0.582. The third-order valence-electron chi connectivity index (χ3n) is 2.68. The Bertz CT molecular complexity index is 299. The summed E-state index contributed by atoms with van der Waals surface area (Å²) in [5.74, 6) is 0.428. The van der Waals surface area contributed by atoms with Crippen LogP contribution in [0.25, 0.3) is 0 Å². The molecule has 3 heteroatoms. The van der Waals surface area contributed by atoms with Gasteiger partial charge in [0.25, 0.3) is 0 Å². The Balaban J connectivity index is 4.17. The molecular weight excluding hydrogens is 241 g/mol. The average molecular weight is 262 g/mol. The monoisotopic (exact) mass is 261 g/mol. The van der Waals surface area contributed by atoms with Gasteiger partial charge in [-0.05, 0) is 46.0 Å². The standard InChI is InChI=1S/C13H21Cl2N/c1-9(7-5-6-8-10(2)14)11(3)13(15)12(4)16/h8-9,16H,5-7H2,1-4H3/b10-8-,13-11+,16-12?. The van der Waals surface area contributed by atoms with Gasteiger partial charge in [0.05, 0.1) is 5.03 Å². The molecule has 1 unspecified atom stereocenters. The molecular formula is C13H21Cl2N. The molecule has 0 fully saturated rings. The first-order chi connectivity index (χ1) is 7.36. The van der Waals surface area contributed by atoms with Crippen molar-refractivity contribution in [3.63, 3.8) is 0 Å². The van der Waals surface area contributed by atoms with Gasteiger partial charge in [-0.1, -0.05) is 41.8 Å². The van der Waals surface area contributed by atoms with Crippen LogP contribution >= 0.6 is 23.2 Å². The molecule has 0 spiro atoms. The fourth-order valence-electron chi connectivity index (χ4n) is 1.45. The largest absolute Gasteiger partial charge is 0.304 e. The number of halogens is 2. The fourth-order valence-corrected chi connectivity index (χ4v) is 1.75. The maximum absolute atomic E-state index is 7.48. The summed E-state index contributed by atoms with van der Waals surface area (Å²) in [7, 11) is 0. The quantitative estimate of drug-likeness (QED) is 0.483. The van der Waals surface area contributed by atoms with Crippen LogP contribution in [-0.4, -0.2) is 5.71 Å². The van der Waals surface area contributed by atoms with E-state index in [4.69, 9.17) is 28.6 Å². The first-order valence-corrected chi connectivity index (χ1v) is 6.36. The third kappa shape index (κ3) is 6.34. The van der Waals surface area contributed by atoms with Gasteiger partial charge in [-0.2, -0.15) is 0 Å². The van der Waals surface area contributed by atoms with E-state index in [0.717, 1.165) is 29.9 Å². The molecule has 0 radical (unpaired) electrons. The van der Waals surface area contributed by atoms with Gasteiger partial charge in [0, 0.05) is 10.7 Å². The zero-order valence-electron chi connectivity index (χ0n) is 10.5. The van der Waals surface area contributed by atoms with E-state index in [-0.39, 0.29) is 0 Å². The van der Waals surface area contributed by atoms with Gasteiger partial charge in [0.2, 0.25) is 0 Å². The molecule has 0 bridgehead atoms. The third-order valence-corrected chi connectivity index (χ3v) is 3.42. The van der Waals surface area contributed by atoms with Crippen molar-refractivity contribution in [2.24, 2.45) is 5.92 Å². The van der Waals surface area contributed by atoms with Crippen LogP contribution in [0, 0.1) is 11.3 Å². The zero-order chi connectivity index (χ0) is 12.7. The Morgan fingerprint density at radius 2 is 1.81 bits per heavy atom. The average Bonchev–Trinajstić information content (AvgIpc) is 2.21. The number of nitrogens with one attached hydrogen (secondary N) is 1. The highest BCUT2D eigenvalue weighted by Crippen LogP contribution is 2.23. The van der Waals surface area contributed by atoms with E-state index in [2.05, 4.69) is 6.92 Å². The molecule has 0 amide bonds. The Morgan fingerprint density at radius 3 is 2.25 bits per heavy atom.